The molecule has 0 spiro atoms. The van der Waals surface area contributed by atoms with Crippen LogP contribution in [0.2, 0.25) is 0 Å². The van der Waals surface area contributed by atoms with Crippen molar-refractivity contribution >= 4 is 15.9 Å². The van der Waals surface area contributed by atoms with E-state index >= 15 is 0 Å². The second-order valence-electron chi connectivity index (χ2n) is 7.48. The highest BCUT2D eigenvalue weighted by Gasteiger charge is 2.22. The highest BCUT2D eigenvalue weighted by molar-refractivity contribution is 9.10. The van der Waals surface area contributed by atoms with E-state index in [1.54, 1.807) is 0 Å². The highest BCUT2D eigenvalue weighted by atomic mass is 79.9. The van der Waals surface area contributed by atoms with Gasteiger partial charge in [0.25, 0.3) is 0 Å². The molecule has 0 aromatic heterocycles. The molecule has 5 heteroatoms. The molecular weight excluding hydrogens is 366 g/mol. The van der Waals surface area contributed by atoms with Gasteiger partial charge in [0, 0.05) is 55.3 Å². The van der Waals surface area contributed by atoms with E-state index in [2.05, 4.69) is 70.0 Å². The molecular formula is C19H30BrN3O. The molecule has 0 amide bonds. The summed E-state index contributed by atoms with van der Waals surface area (Å²) in [5.74, 6) is 0. The summed E-state index contributed by atoms with van der Waals surface area (Å²) in [6, 6.07) is 8.47. The molecule has 1 unspecified atom stereocenters. The Hall–Kier alpha value is -0.460. The standard InChI is InChI=1S/C19H30BrN3O/c1-14-9-22(10-15(2)21-14)11-17-4-5-19(20)18(8-17)12-23-6-7-24-13-16(23)3/h4-5,8,14-16,21H,6-7,9-13H2,1-3H3/t14-,15+,16?. The maximum Gasteiger partial charge on any atom is 0.0619 e. The number of benzene rings is 1. The Morgan fingerprint density at radius 3 is 2.62 bits per heavy atom. The number of ether oxygens (including phenoxy) is 1. The maximum absolute atomic E-state index is 5.56. The van der Waals surface area contributed by atoms with E-state index in [1.807, 2.05) is 0 Å². The molecule has 0 aliphatic carbocycles. The lowest BCUT2D eigenvalue weighted by atomic mass is 10.1. The van der Waals surface area contributed by atoms with Crippen LogP contribution in [0.25, 0.3) is 0 Å². The number of rotatable bonds is 4. The minimum Gasteiger partial charge on any atom is -0.379 e. The highest BCUT2D eigenvalue weighted by Crippen LogP contribution is 2.23. The zero-order valence-electron chi connectivity index (χ0n) is 15.1. The molecule has 0 bridgehead atoms. The first-order valence-corrected chi connectivity index (χ1v) is 9.88. The van der Waals surface area contributed by atoms with E-state index in [1.165, 1.54) is 15.6 Å². The van der Waals surface area contributed by atoms with Gasteiger partial charge in [-0.15, -0.1) is 0 Å². The molecule has 24 heavy (non-hydrogen) atoms. The Morgan fingerprint density at radius 1 is 1.17 bits per heavy atom. The quantitative estimate of drug-likeness (QED) is 0.847. The van der Waals surface area contributed by atoms with Gasteiger partial charge in [-0.2, -0.15) is 0 Å². The van der Waals surface area contributed by atoms with E-state index in [9.17, 15) is 0 Å². The number of piperazine rings is 1. The first-order chi connectivity index (χ1) is 11.5. The van der Waals surface area contributed by atoms with Gasteiger partial charge in [-0.25, -0.2) is 0 Å². The SMILES string of the molecule is CC1COCCN1Cc1cc(CN2C[C@@H](C)N[C@@H](C)C2)ccc1Br. The Balaban J connectivity index is 1.67. The summed E-state index contributed by atoms with van der Waals surface area (Å²) < 4.78 is 6.77. The zero-order chi connectivity index (χ0) is 17.1. The molecule has 1 aromatic rings. The minimum atomic E-state index is 0.490. The van der Waals surface area contributed by atoms with Gasteiger partial charge < -0.3 is 10.1 Å². The topological polar surface area (TPSA) is 27.7 Å². The lowest BCUT2D eigenvalue weighted by Gasteiger charge is -2.36. The molecule has 1 aromatic carbocycles. The van der Waals surface area contributed by atoms with Gasteiger partial charge in [0.15, 0.2) is 0 Å². The predicted molar refractivity (Wildman–Crippen MR) is 102 cm³/mol. The van der Waals surface area contributed by atoms with Crippen LogP contribution in [-0.4, -0.2) is 60.8 Å². The third-order valence-electron chi connectivity index (χ3n) is 5.03. The van der Waals surface area contributed by atoms with Gasteiger partial charge in [-0.05, 0) is 38.0 Å². The molecule has 3 atom stereocenters. The molecule has 2 fully saturated rings. The van der Waals surface area contributed by atoms with Crippen LogP contribution in [0, 0.1) is 0 Å². The monoisotopic (exact) mass is 395 g/mol. The van der Waals surface area contributed by atoms with Crippen molar-refractivity contribution in [2.24, 2.45) is 0 Å². The first-order valence-electron chi connectivity index (χ1n) is 9.08. The Bertz CT molecular complexity index is 543. The summed E-state index contributed by atoms with van der Waals surface area (Å²) in [7, 11) is 0. The predicted octanol–water partition coefficient (Wildman–Crippen LogP) is 2.85. The van der Waals surface area contributed by atoms with Gasteiger partial charge in [-0.1, -0.05) is 28.1 Å². The van der Waals surface area contributed by atoms with Crippen LogP contribution in [0.3, 0.4) is 0 Å². The van der Waals surface area contributed by atoms with Crippen LogP contribution < -0.4 is 5.32 Å². The van der Waals surface area contributed by atoms with Crippen molar-refractivity contribution in [2.45, 2.75) is 52.0 Å². The van der Waals surface area contributed by atoms with E-state index < -0.39 is 0 Å². The Labute approximate surface area is 154 Å². The van der Waals surface area contributed by atoms with Crippen LogP contribution in [-0.2, 0) is 17.8 Å². The van der Waals surface area contributed by atoms with Crippen molar-refractivity contribution in [1.82, 2.24) is 15.1 Å². The molecule has 2 aliphatic rings. The molecule has 1 N–H and O–H groups in total. The molecule has 4 nitrogen and oxygen atoms in total. The van der Waals surface area contributed by atoms with E-state index in [0.717, 1.165) is 45.9 Å². The molecule has 2 heterocycles. The second kappa shape index (κ2) is 8.28. The number of halogens is 1. The van der Waals surface area contributed by atoms with Crippen molar-refractivity contribution in [2.75, 3.05) is 32.8 Å². The van der Waals surface area contributed by atoms with Gasteiger partial charge in [-0.3, -0.25) is 9.80 Å². The maximum atomic E-state index is 5.56. The average molecular weight is 396 g/mol. The third kappa shape index (κ3) is 4.79. The van der Waals surface area contributed by atoms with Gasteiger partial charge in [0.1, 0.15) is 0 Å². The molecule has 134 valence electrons. The second-order valence-corrected chi connectivity index (χ2v) is 8.34. The van der Waals surface area contributed by atoms with E-state index in [4.69, 9.17) is 4.74 Å². The van der Waals surface area contributed by atoms with E-state index in [0.29, 0.717) is 18.1 Å². The largest absolute Gasteiger partial charge is 0.379 e. The lowest BCUT2D eigenvalue weighted by Crippen LogP contribution is -2.53. The molecule has 2 aliphatic heterocycles. The van der Waals surface area contributed by atoms with Crippen LogP contribution in [0.1, 0.15) is 31.9 Å². The van der Waals surface area contributed by atoms with Gasteiger partial charge in [0.05, 0.1) is 13.2 Å². The number of morpholine rings is 1. The number of hydrogen-bond acceptors (Lipinski definition) is 4. The van der Waals surface area contributed by atoms with Crippen molar-refractivity contribution in [3.8, 4) is 0 Å². The summed E-state index contributed by atoms with van der Waals surface area (Å²) in [5.41, 5.74) is 2.80. The molecule has 0 saturated carbocycles. The van der Waals surface area contributed by atoms with Gasteiger partial charge >= 0.3 is 0 Å². The lowest BCUT2D eigenvalue weighted by molar-refractivity contribution is -0.00447. The fourth-order valence-corrected chi connectivity index (χ4v) is 4.26. The molecule has 3 rings (SSSR count). The van der Waals surface area contributed by atoms with Crippen LogP contribution in [0.4, 0.5) is 0 Å². The van der Waals surface area contributed by atoms with Crippen LogP contribution >= 0.6 is 15.9 Å². The Morgan fingerprint density at radius 2 is 1.92 bits per heavy atom. The van der Waals surface area contributed by atoms with Crippen LogP contribution in [0.5, 0.6) is 0 Å². The fourth-order valence-electron chi connectivity index (χ4n) is 3.89. The normalized spacial score (nSPS) is 29.8. The molecule has 0 radical (unpaired) electrons. The average Bonchev–Trinajstić information content (AvgIpc) is 2.52. The summed E-state index contributed by atoms with van der Waals surface area (Å²) in [4.78, 5) is 5.08. The first kappa shape index (κ1) is 18.3. The van der Waals surface area contributed by atoms with E-state index in [-0.39, 0.29) is 0 Å². The summed E-state index contributed by atoms with van der Waals surface area (Å²) in [6.07, 6.45) is 0. The van der Waals surface area contributed by atoms with Crippen molar-refractivity contribution in [3.05, 3.63) is 33.8 Å². The summed E-state index contributed by atoms with van der Waals surface area (Å²) in [5, 5.41) is 3.61. The number of nitrogens with zero attached hydrogens (tertiary/aromatic N) is 2. The fraction of sp³-hybridized carbons (Fsp3) is 0.684. The summed E-state index contributed by atoms with van der Waals surface area (Å²) >= 11 is 3.74. The summed E-state index contributed by atoms with van der Waals surface area (Å²) in [6.45, 7) is 13.8. The zero-order valence-corrected chi connectivity index (χ0v) is 16.7. The van der Waals surface area contributed by atoms with Crippen molar-refractivity contribution < 1.29 is 4.74 Å². The van der Waals surface area contributed by atoms with Gasteiger partial charge in [0.2, 0.25) is 0 Å². The van der Waals surface area contributed by atoms with Crippen molar-refractivity contribution in [3.63, 3.8) is 0 Å². The van der Waals surface area contributed by atoms with Crippen molar-refractivity contribution in [1.29, 1.82) is 0 Å². The number of nitrogens with one attached hydrogen (secondary N) is 1. The smallest absolute Gasteiger partial charge is 0.0619 e. The van der Waals surface area contributed by atoms with Crippen LogP contribution in [0.15, 0.2) is 22.7 Å². The Kier molecular flexibility index (Phi) is 6.33. The third-order valence-corrected chi connectivity index (χ3v) is 5.80. The molecule has 2 saturated heterocycles. The number of hydrogen-bond donors (Lipinski definition) is 1. The minimum absolute atomic E-state index is 0.490.